The van der Waals surface area contributed by atoms with E-state index in [1.54, 1.807) is 4.79 Å². The number of nitrogens with zero attached hydrogens (tertiary/aromatic N) is 6. The summed E-state index contributed by atoms with van der Waals surface area (Å²) in [5, 5.41) is 12.8. The van der Waals surface area contributed by atoms with Crippen molar-refractivity contribution in [3.05, 3.63) is 64.2 Å². The van der Waals surface area contributed by atoms with Gasteiger partial charge in [-0.15, -0.1) is 9.89 Å². The second-order valence-corrected chi connectivity index (χ2v) is 20.7. The number of ether oxygens (including phenoxy) is 1. The number of unbranched alkanes of at least 4 members (excludes halogenated alkanes) is 8. The third-order valence-corrected chi connectivity index (χ3v) is 14.2. The summed E-state index contributed by atoms with van der Waals surface area (Å²) in [7, 11) is 0. The molecule has 2 aliphatic heterocycles. The number of hydrogen-bond donors (Lipinski definition) is 1. The average molecular weight is 850 g/mol. The van der Waals surface area contributed by atoms with Crippen molar-refractivity contribution in [1.29, 1.82) is 0 Å². The van der Waals surface area contributed by atoms with Crippen LogP contribution in [0.4, 0.5) is 11.4 Å². The van der Waals surface area contributed by atoms with Crippen molar-refractivity contribution in [1.82, 2.24) is 20.2 Å². The first-order valence-electron chi connectivity index (χ1n) is 24.5. The van der Waals surface area contributed by atoms with E-state index < -0.39 is 6.10 Å². The van der Waals surface area contributed by atoms with Gasteiger partial charge in [0.25, 0.3) is 5.91 Å². The molecule has 0 radical (unpaired) electrons. The Balaban J connectivity index is 1.33. The van der Waals surface area contributed by atoms with Gasteiger partial charge in [0, 0.05) is 35.8 Å². The number of fused-ring (bicyclic) bond motifs is 2. The molecule has 342 valence electrons. The van der Waals surface area contributed by atoms with Crippen molar-refractivity contribution in [2.24, 2.45) is 10.1 Å². The van der Waals surface area contributed by atoms with Crippen molar-refractivity contribution in [3.8, 4) is 5.75 Å². The van der Waals surface area contributed by atoms with E-state index in [0.717, 1.165) is 79.9 Å². The second-order valence-electron chi connectivity index (χ2n) is 20.7. The first kappa shape index (κ1) is 49.0. The Bertz CT molecular complexity index is 2040. The van der Waals surface area contributed by atoms with Crippen molar-refractivity contribution in [2.75, 3.05) is 18.0 Å². The first-order chi connectivity index (χ1) is 29.4. The summed E-state index contributed by atoms with van der Waals surface area (Å²) in [6.07, 6.45) is 15.2. The molecule has 3 aromatic rings. The molecule has 1 amide bonds. The Hall–Kier alpha value is -4.01. The molecule has 0 saturated carbocycles. The highest BCUT2D eigenvalue weighted by molar-refractivity contribution is 6.48. The Labute approximate surface area is 376 Å². The van der Waals surface area contributed by atoms with Crippen LogP contribution in [0, 0.1) is 6.92 Å². The van der Waals surface area contributed by atoms with Gasteiger partial charge in [-0.3, -0.25) is 4.79 Å². The summed E-state index contributed by atoms with van der Waals surface area (Å²) in [5.74, 6) is 2.27. The minimum absolute atomic E-state index is 0.0492. The van der Waals surface area contributed by atoms with E-state index in [4.69, 9.17) is 24.9 Å². The Morgan fingerprint density at radius 1 is 0.919 bits per heavy atom. The van der Waals surface area contributed by atoms with E-state index in [1.165, 1.54) is 60.9 Å². The van der Waals surface area contributed by atoms with Gasteiger partial charge in [-0.2, -0.15) is 5.10 Å². The molecular formula is C53H83N7O2. The van der Waals surface area contributed by atoms with Crippen LogP contribution in [0.5, 0.6) is 5.75 Å². The lowest BCUT2D eigenvalue weighted by molar-refractivity contribution is -0.128. The van der Waals surface area contributed by atoms with Crippen molar-refractivity contribution >= 4 is 28.7 Å². The van der Waals surface area contributed by atoms with Gasteiger partial charge in [-0.1, -0.05) is 133 Å². The number of hydrogen-bond acceptors (Lipinski definition) is 7. The molecule has 2 aliphatic rings. The Morgan fingerprint density at radius 3 is 2.26 bits per heavy atom. The zero-order chi connectivity index (χ0) is 45.4. The molecule has 9 nitrogen and oxygen atoms in total. The molecule has 5 rings (SSSR count). The summed E-state index contributed by atoms with van der Waals surface area (Å²) in [4.78, 5) is 28.6. The summed E-state index contributed by atoms with van der Waals surface area (Å²) in [6.45, 7) is 32.9. The van der Waals surface area contributed by atoms with Gasteiger partial charge in [0.05, 0.1) is 11.4 Å². The van der Waals surface area contributed by atoms with Gasteiger partial charge in [-0.05, 0) is 118 Å². The zero-order valence-electron chi connectivity index (χ0n) is 41.4. The summed E-state index contributed by atoms with van der Waals surface area (Å²) in [6, 6.07) is 11.3. The molecule has 1 N–H and O–H groups in total. The quantitative estimate of drug-likeness (QED) is 0.0959. The molecule has 1 aromatic heterocycles. The molecule has 2 aromatic carbocycles. The maximum Gasteiger partial charge on any atom is 0.261 e. The van der Waals surface area contributed by atoms with E-state index >= 15 is 0 Å². The van der Waals surface area contributed by atoms with E-state index in [0.29, 0.717) is 30.5 Å². The smallest absolute Gasteiger partial charge is 0.261 e. The van der Waals surface area contributed by atoms with E-state index in [-0.39, 0.29) is 28.2 Å². The fraction of sp³-hybridized carbons (Fsp3) is 0.679. The standard InChI is InChI=1S/C53H83N7O2/c1-15-19-21-23-24-26-30-59-44-31-36(5)43(33-41(44)37(6)34-53(59,13)14)55-47-39(8)57-60-49(47)56-48(58-60)38(7)35-54-50(61)46(27-25-22-20-16-2)62-45-29-28-40(51(9,10)17-3)32-42(45)52(11,12)18-4/h28-29,31-33,37-38,46H,15-27,30,34-35H2,1-14H3,(H,54,61). The minimum Gasteiger partial charge on any atom is -0.480 e. The Morgan fingerprint density at radius 2 is 1.58 bits per heavy atom. The van der Waals surface area contributed by atoms with Crippen LogP contribution in [0.15, 0.2) is 40.4 Å². The molecular weight excluding hydrogens is 767 g/mol. The number of carbonyl (C=O) groups is 1. The second kappa shape index (κ2) is 21.1. The molecule has 0 aliphatic carbocycles. The number of aliphatic imine (C=N–C) groups is 1. The largest absolute Gasteiger partial charge is 0.480 e. The first-order valence-corrected chi connectivity index (χ1v) is 24.5. The van der Waals surface area contributed by atoms with Crippen LogP contribution in [0.1, 0.15) is 226 Å². The van der Waals surface area contributed by atoms with Gasteiger partial charge >= 0.3 is 0 Å². The zero-order valence-corrected chi connectivity index (χ0v) is 41.4. The number of aryl methyl sites for hydroxylation is 1. The number of benzene rings is 2. The number of nitrogens with one attached hydrogen (secondary N) is 1. The number of amides is 1. The number of rotatable bonds is 23. The number of carbonyl (C=O) groups excluding carboxylic acids is 1. The predicted octanol–water partition coefficient (Wildman–Crippen LogP) is 13.4. The normalized spacial score (nSPS) is 17.8. The highest BCUT2D eigenvalue weighted by Crippen LogP contribution is 2.46. The van der Waals surface area contributed by atoms with E-state index in [2.05, 4.69) is 131 Å². The van der Waals surface area contributed by atoms with Crippen LogP contribution in [0.2, 0.25) is 0 Å². The van der Waals surface area contributed by atoms with E-state index in [1.807, 2.05) is 6.92 Å². The predicted molar refractivity (Wildman–Crippen MR) is 261 cm³/mol. The molecule has 3 heterocycles. The summed E-state index contributed by atoms with van der Waals surface area (Å²) < 4.78 is 6.76. The lowest BCUT2D eigenvalue weighted by atomic mass is 9.76. The molecule has 0 spiro atoms. The third-order valence-electron chi connectivity index (χ3n) is 14.2. The maximum atomic E-state index is 14.1. The van der Waals surface area contributed by atoms with Crippen LogP contribution in [-0.2, 0) is 15.6 Å². The van der Waals surface area contributed by atoms with Gasteiger partial charge in [0.1, 0.15) is 11.5 Å². The van der Waals surface area contributed by atoms with E-state index in [9.17, 15) is 4.79 Å². The van der Waals surface area contributed by atoms with Crippen molar-refractivity contribution < 1.29 is 9.53 Å². The average Bonchev–Trinajstić information content (AvgIpc) is 3.77. The molecule has 3 unspecified atom stereocenters. The third kappa shape index (κ3) is 11.6. The van der Waals surface area contributed by atoms with Gasteiger partial charge in [0.2, 0.25) is 5.82 Å². The lowest BCUT2D eigenvalue weighted by Crippen LogP contribution is -2.48. The monoisotopic (exact) mass is 850 g/mol. The molecule has 62 heavy (non-hydrogen) atoms. The summed E-state index contributed by atoms with van der Waals surface area (Å²) >= 11 is 0. The molecule has 0 fully saturated rings. The van der Waals surface area contributed by atoms with Crippen LogP contribution in [0.3, 0.4) is 0 Å². The van der Waals surface area contributed by atoms with Gasteiger partial charge < -0.3 is 15.0 Å². The topological polar surface area (TPSA) is 97.0 Å². The number of anilines is 1. The fourth-order valence-electron chi connectivity index (χ4n) is 9.15. The highest BCUT2D eigenvalue weighted by atomic mass is 16.5. The molecule has 9 heteroatoms. The highest BCUT2D eigenvalue weighted by Gasteiger charge is 2.37. The number of aromatic nitrogens is 3. The van der Waals surface area contributed by atoms with Crippen molar-refractivity contribution in [2.45, 2.75) is 221 Å². The minimum atomic E-state index is -0.599. The van der Waals surface area contributed by atoms with Gasteiger partial charge in [-0.25, -0.2) is 9.98 Å². The van der Waals surface area contributed by atoms with Crippen LogP contribution >= 0.6 is 0 Å². The molecule has 0 saturated heterocycles. The van der Waals surface area contributed by atoms with Gasteiger partial charge in [0.15, 0.2) is 11.9 Å². The SMILES string of the molecule is CCCCCCCCN1c2cc(C)c(N=C3C(C)=Nn4nc(C(C)CNC(=O)C(CCCCCC)Oc5ccc(C(C)(C)CC)cc5C(C)(C)CC)nc43)cc2C(C)CC1(C)C. The lowest BCUT2D eigenvalue weighted by Gasteiger charge is -2.48. The summed E-state index contributed by atoms with van der Waals surface area (Å²) in [5.41, 5.74) is 8.88. The maximum absolute atomic E-state index is 14.1. The Kier molecular flexibility index (Phi) is 16.7. The van der Waals surface area contributed by atoms with Crippen LogP contribution < -0.4 is 15.0 Å². The van der Waals surface area contributed by atoms with Crippen molar-refractivity contribution in [3.63, 3.8) is 0 Å². The molecule has 0 bridgehead atoms. The van der Waals surface area contributed by atoms with Crippen LogP contribution in [-0.4, -0.2) is 56.9 Å². The van der Waals surface area contributed by atoms with Crippen LogP contribution in [0.25, 0.3) is 0 Å². The fourth-order valence-corrected chi connectivity index (χ4v) is 9.15. The molecule has 3 atom stereocenters.